The molecular formula is C28H28O3Si. The molecule has 5 rings (SSSR count). The van der Waals surface area contributed by atoms with Gasteiger partial charge in [0.05, 0.1) is 0 Å². The second kappa shape index (κ2) is 8.64. The normalized spacial score (nSPS) is 12.3. The van der Waals surface area contributed by atoms with Crippen LogP contribution >= 0.6 is 0 Å². The summed E-state index contributed by atoms with van der Waals surface area (Å²) in [7, 11) is -3.01. The first-order chi connectivity index (χ1) is 15.7. The van der Waals surface area contributed by atoms with E-state index in [0.29, 0.717) is 19.8 Å². The molecule has 0 aliphatic carbocycles. The lowest BCUT2D eigenvalue weighted by atomic mass is 9.97. The third-order valence-electron chi connectivity index (χ3n) is 5.99. The maximum absolute atomic E-state index is 6.23. The third kappa shape index (κ3) is 3.59. The lowest BCUT2D eigenvalue weighted by Gasteiger charge is -2.29. The molecular weight excluding hydrogens is 412 g/mol. The van der Waals surface area contributed by atoms with E-state index in [0.717, 1.165) is 10.6 Å². The Kier molecular flexibility index (Phi) is 5.70. The number of hydrogen-bond donors (Lipinski definition) is 0. The molecule has 3 nitrogen and oxygen atoms in total. The molecule has 162 valence electrons. The van der Waals surface area contributed by atoms with Crippen LogP contribution in [0.5, 0.6) is 0 Å². The molecule has 0 aromatic heterocycles. The van der Waals surface area contributed by atoms with E-state index in [9.17, 15) is 0 Å². The van der Waals surface area contributed by atoms with E-state index < -0.39 is 8.80 Å². The average Bonchev–Trinajstić information content (AvgIpc) is 2.80. The third-order valence-corrected chi connectivity index (χ3v) is 9.09. The maximum Gasteiger partial charge on any atom is 0.537 e. The quantitative estimate of drug-likeness (QED) is 0.212. The van der Waals surface area contributed by atoms with E-state index in [1.165, 1.54) is 37.7 Å². The van der Waals surface area contributed by atoms with E-state index in [2.05, 4.69) is 78.9 Å². The summed E-state index contributed by atoms with van der Waals surface area (Å²) in [4.78, 5) is 0. The van der Waals surface area contributed by atoms with Crippen LogP contribution in [0, 0.1) is 0 Å². The molecule has 0 unspecified atom stereocenters. The van der Waals surface area contributed by atoms with E-state index in [1.54, 1.807) is 0 Å². The predicted molar refractivity (Wildman–Crippen MR) is 137 cm³/mol. The summed E-state index contributed by atoms with van der Waals surface area (Å²) in [5, 5.41) is 10.8. The summed E-state index contributed by atoms with van der Waals surface area (Å²) in [5.41, 5.74) is 0. The van der Waals surface area contributed by atoms with Gasteiger partial charge in [0.15, 0.2) is 0 Å². The van der Waals surface area contributed by atoms with Gasteiger partial charge in [0.1, 0.15) is 0 Å². The van der Waals surface area contributed by atoms with Crippen molar-refractivity contribution in [3.05, 3.63) is 78.9 Å². The van der Waals surface area contributed by atoms with E-state index in [1.807, 2.05) is 20.8 Å². The van der Waals surface area contributed by atoms with Crippen LogP contribution in [0.1, 0.15) is 20.8 Å². The van der Waals surface area contributed by atoms with E-state index >= 15 is 0 Å². The van der Waals surface area contributed by atoms with Crippen LogP contribution in [0.4, 0.5) is 0 Å². The highest BCUT2D eigenvalue weighted by molar-refractivity contribution is 6.77. The molecule has 0 fully saturated rings. The molecule has 32 heavy (non-hydrogen) atoms. The van der Waals surface area contributed by atoms with Gasteiger partial charge in [0, 0.05) is 25.0 Å². The lowest BCUT2D eigenvalue weighted by molar-refractivity contribution is 0.0862. The molecule has 0 aliphatic rings. The first-order valence-corrected chi connectivity index (χ1v) is 13.1. The van der Waals surface area contributed by atoms with Crippen molar-refractivity contribution in [1.82, 2.24) is 0 Å². The first-order valence-electron chi connectivity index (χ1n) is 11.4. The van der Waals surface area contributed by atoms with Crippen LogP contribution in [-0.2, 0) is 13.3 Å². The summed E-state index contributed by atoms with van der Waals surface area (Å²) >= 11 is 0. The highest BCUT2D eigenvalue weighted by atomic mass is 28.4. The van der Waals surface area contributed by atoms with Gasteiger partial charge < -0.3 is 13.3 Å². The van der Waals surface area contributed by atoms with Crippen molar-refractivity contribution >= 4 is 57.1 Å². The van der Waals surface area contributed by atoms with Crippen molar-refractivity contribution in [2.75, 3.05) is 19.8 Å². The van der Waals surface area contributed by atoms with Gasteiger partial charge >= 0.3 is 8.80 Å². The largest absolute Gasteiger partial charge is 0.537 e. The summed E-state index contributed by atoms with van der Waals surface area (Å²) < 4.78 is 18.7. The fraction of sp³-hybridized carbons (Fsp3) is 0.214. The van der Waals surface area contributed by atoms with Crippen molar-refractivity contribution in [1.29, 1.82) is 0 Å². The molecule has 5 aromatic carbocycles. The van der Waals surface area contributed by atoms with Gasteiger partial charge in [-0.25, -0.2) is 0 Å². The van der Waals surface area contributed by atoms with E-state index in [-0.39, 0.29) is 0 Å². The zero-order chi connectivity index (χ0) is 22.1. The lowest BCUT2D eigenvalue weighted by Crippen LogP contribution is -2.57. The fourth-order valence-electron chi connectivity index (χ4n) is 4.67. The van der Waals surface area contributed by atoms with E-state index in [4.69, 9.17) is 13.3 Å². The number of rotatable bonds is 7. The minimum Gasteiger partial charge on any atom is -0.370 e. The smallest absolute Gasteiger partial charge is 0.370 e. The van der Waals surface area contributed by atoms with Crippen molar-refractivity contribution in [3.63, 3.8) is 0 Å². The number of fused-ring (bicyclic) bond motifs is 4. The first kappa shape index (κ1) is 21.1. The van der Waals surface area contributed by atoms with Crippen LogP contribution < -0.4 is 5.19 Å². The summed E-state index contributed by atoms with van der Waals surface area (Å²) in [6, 6.07) is 28.6. The minimum atomic E-state index is -3.01. The molecule has 0 aliphatic heterocycles. The Hall–Kier alpha value is -2.76. The molecule has 0 radical (unpaired) electrons. The monoisotopic (exact) mass is 440 g/mol. The Labute approximate surface area is 189 Å². The summed E-state index contributed by atoms with van der Waals surface area (Å²) in [6.45, 7) is 7.64. The molecule has 0 saturated carbocycles. The molecule has 0 bridgehead atoms. The topological polar surface area (TPSA) is 27.7 Å². The molecule has 4 heteroatoms. The highest BCUT2D eigenvalue weighted by Gasteiger charge is 2.44. The molecule has 5 aromatic rings. The number of hydrogen-bond acceptors (Lipinski definition) is 3. The predicted octanol–water partition coefficient (Wildman–Crippen LogP) is 6.55. The Morgan fingerprint density at radius 1 is 0.500 bits per heavy atom. The maximum atomic E-state index is 6.23. The van der Waals surface area contributed by atoms with Crippen molar-refractivity contribution < 1.29 is 13.3 Å². The van der Waals surface area contributed by atoms with Crippen LogP contribution in [0.25, 0.3) is 43.1 Å². The Bertz CT molecular complexity index is 1410. The molecule has 0 N–H and O–H groups in total. The molecule has 0 atom stereocenters. The van der Waals surface area contributed by atoms with Crippen molar-refractivity contribution in [3.8, 4) is 0 Å². The van der Waals surface area contributed by atoms with Gasteiger partial charge in [-0.2, -0.15) is 0 Å². The van der Waals surface area contributed by atoms with Gasteiger partial charge in [-0.05, 0) is 100 Å². The second-order valence-electron chi connectivity index (χ2n) is 7.98. The number of benzene rings is 5. The SMILES string of the molecule is CCO[Si](OCC)(OCC)c1cccc2cc3cc4cc5ccccc5cc4cc3cc12. The van der Waals surface area contributed by atoms with Gasteiger partial charge in [-0.1, -0.05) is 42.5 Å². The van der Waals surface area contributed by atoms with Crippen molar-refractivity contribution in [2.45, 2.75) is 20.8 Å². The summed E-state index contributed by atoms with van der Waals surface area (Å²) in [6.07, 6.45) is 0. The van der Waals surface area contributed by atoms with Gasteiger partial charge in [-0.15, -0.1) is 0 Å². The fourth-order valence-corrected chi connectivity index (χ4v) is 7.37. The van der Waals surface area contributed by atoms with Gasteiger partial charge in [0.2, 0.25) is 0 Å². The van der Waals surface area contributed by atoms with Crippen LogP contribution in [0.15, 0.2) is 78.9 Å². The highest BCUT2D eigenvalue weighted by Crippen LogP contribution is 2.30. The zero-order valence-electron chi connectivity index (χ0n) is 18.9. The van der Waals surface area contributed by atoms with Crippen molar-refractivity contribution in [2.24, 2.45) is 0 Å². The standard InChI is InChI=1S/C28H28O3Si/c1-4-29-32(30-5-2,31-6-3)28-13-9-12-22-16-25-17-23-14-20-10-7-8-11-21(20)15-24(23)18-26(25)19-27(22)28/h7-19H,4-6H2,1-3H3. The minimum absolute atomic E-state index is 0.550. The Morgan fingerprint density at radius 2 is 0.938 bits per heavy atom. The summed E-state index contributed by atoms with van der Waals surface area (Å²) in [5.74, 6) is 0. The van der Waals surface area contributed by atoms with Crippen LogP contribution in [0.2, 0.25) is 0 Å². The molecule has 0 spiro atoms. The zero-order valence-corrected chi connectivity index (χ0v) is 19.9. The molecule has 0 saturated heterocycles. The van der Waals surface area contributed by atoms with Gasteiger partial charge in [0.25, 0.3) is 0 Å². The van der Waals surface area contributed by atoms with Gasteiger partial charge in [-0.3, -0.25) is 0 Å². The molecule has 0 heterocycles. The second-order valence-corrected chi connectivity index (χ2v) is 10.5. The van der Waals surface area contributed by atoms with Crippen LogP contribution in [0.3, 0.4) is 0 Å². The molecule has 0 amide bonds. The Morgan fingerprint density at radius 3 is 1.47 bits per heavy atom. The average molecular weight is 441 g/mol. The van der Waals surface area contributed by atoms with Crippen LogP contribution in [-0.4, -0.2) is 28.6 Å². The Balaban J connectivity index is 1.77.